The van der Waals surface area contributed by atoms with Gasteiger partial charge in [0, 0.05) is 42.6 Å². The molecule has 1 fully saturated rings. The van der Waals surface area contributed by atoms with Gasteiger partial charge in [0.1, 0.15) is 5.65 Å². The summed E-state index contributed by atoms with van der Waals surface area (Å²) in [5.41, 5.74) is 11.7. The molecule has 0 unspecified atom stereocenters. The van der Waals surface area contributed by atoms with E-state index in [2.05, 4.69) is 30.0 Å². The fraction of sp³-hybridized carbons (Fsp3) is 0.304. The van der Waals surface area contributed by atoms with E-state index in [-0.39, 0.29) is 0 Å². The van der Waals surface area contributed by atoms with E-state index in [0.29, 0.717) is 18.0 Å². The molecule has 1 aliphatic carbocycles. The minimum atomic E-state index is 0.320. The van der Waals surface area contributed by atoms with Gasteiger partial charge in [-0.15, -0.1) is 0 Å². The summed E-state index contributed by atoms with van der Waals surface area (Å²) in [7, 11) is 0. The zero-order valence-electron chi connectivity index (χ0n) is 17.5. The highest BCUT2D eigenvalue weighted by atomic mass is 15.1. The lowest BCUT2D eigenvalue weighted by atomic mass is 9.92. The molecule has 0 aliphatic heterocycles. The van der Waals surface area contributed by atoms with Gasteiger partial charge in [-0.25, -0.2) is 15.0 Å². The fourth-order valence-corrected chi connectivity index (χ4v) is 4.05. The first-order chi connectivity index (χ1) is 15.2. The fourth-order valence-electron chi connectivity index (χ4n) is 4.05. The van der Waals surface area contributed by atoms with Crippen LogP contribution in [-0.4, -0.2) is 36.4 Å². The molecule has 0 atom stereocenters. The normalized spacial score (nSPS) is 18.8. The van der Waals surface area contributed by atoms with Crippen molar-refractivity contribution in [3.05, 3.63) is 60.8 Å². The van der Waals surface area contributed by atoms with Gasteiger partial charge in [-0.3, -0.25) is 9.38 Å². The van der Waals surface area contributed by atoms with Gasteiger partial charge in [0.05, 0.1) is 23.3 Å². The molecule has 0 bridgehead atoms. The van der Waals surface area contributed by atoms with Crippen LogP contribution in [0.15, 0.2) is 55.2 Å². The predicted molar refractivity (Wildman–Crippen MR) is 122 cm³/mol. The minimum Gasteiger partial charge on any atom is -0.354 e. The van der Waals surface area contributed by atoms with Gasteiger partial charge in [-0.05, 0) is 62.4 Å². The number of fused-ring (bicyclic) bond motifs is 1. The maximum atomic E-state index is 6.04. The SMILES string of the molecule is Cc1cnc(NC2CCC(N)CC2)nc1-c1cnc2ccc(Nc3ccncc3)cn12. The maximum absolute atomic E-state index is 6.04. The summed E-state index contributed by atoms with van der Waals surface area (Å²) in [5.74, 6) is 0.655. The van der Waals surface area contributed by atoms with E-state index in [4.69, 9.17) is 10.7 Å². The van der Waals surface area contributed by atoms with Crippen molar-refractivity contribution < 1.29 is 0 Å². The Balaban J connectivity index is 1.45. The summed E-state index contributed by atoms with van der Waals surface area (Å²) in [6, 6.07) is 8.57. The first-order valence-electron chi connectivity index (χ1n) is 10.7. The van der Waals surface area contributed by atoms with Crippen molar-refractivity contribution >= 4 is 23.0 Å². The molecule has 158 valence electrons. The lowest BCUT2D eigenvalue weighted by Gasteiger charge is -2.26. The summed E-state index contributed by atoms with van der Waals surface area (Å²) < 4.78 is 2.06. The molecule has 31 heavy (non-hydrogen) atoms. The molecule has 4 aromatic heterocycles. The Morgan fingerprint density at radius 2 is 1.77 bits per heavy atom. The van der Waals surface area contributed by atoms with Gasteiger partial charge in [-0.1, -0.05) is 0 Å². The topological polar surface area (TPSA) is 106 Å². The van der Waals surface area contributed by atoms with Gasteiger partial charge in [0.2, 0.25) is 5.95 Å². The lowest BCUT2D eigenvalue weighted by molar-refractivity contribution is 0.410. The van der Waals surface area contributed by atoms with Crippen molar-refractivity contribution in [2.45, 2.75) is 44.7 Å². The Hall–Kier alpha value is -3.52. The van der Waals surface area contributed by atoms with Gasteiger partial charge in [-0.2, -0.15) is 0 Å². The summed E-state index contributed by atoms with van der Waals surface area (Å²) >= 11 is 0. The predicted octanol–water partition coefficient (Wildman–Crippen LogP) is 3.92. The Labute approximate surface area is 181 Å². The molecule has 1 aliphatic rings. The average molecular weight is 415 g/mol. The molecule has 1 saturated carbocycles. The number of nitrogens with zero attached hydrogens (tertiary/aromatic N) is 5. The molecule has 4 aromatic rings. The van der Waals surface area contributed by atoms with Crippen LogP contribution in [0.4, 0.5) is 17.3 Å². The van der Waals surface area contributed by atoms with E-state index in [1.807, 2.05) is 49.8 Å². The zero-order valence-corrected chi connectivity index (χ0v) is 17.5. The highest BCUT2D eigenvalue weighted by Crippen LogP contribution is 2.26. The van der Waals surface area contributed by atoms with Gasteiger partial charge >= 0.3 is 0 Å². The number of rotatable bonds is 5. The summed E-state index contributed by atoms with van der Waals surface area (Å²) in [4.78, 5) is 18.0. The van der Waals surface area contributed by atoms with Crippen LogP contribution in [0, 0.1) is 6.92 Å². The van der Waals surface area contributed by atoms with Crippen molar-refractivity contribution in [3.63, 3.8) is 0 Å². The molecule has 5 rings (SSSR count). The van der Waals surface area contributed by atoms with Crippen molar-refractivity contribution in [1.29, 1.82) is 0 Å². The van der Waals surface area contributed by atoms with E-state index >= 15 is 0 Å². The Bertz CT molecular complexity index is 1180. The molecule has 0 spiro atoms. The largest absolute Gasteiger partial charge is 0.354 e. The van der Waals surface area contributed by atoms with Crippen LogP contribution in [0.5, 0.6) is 0 Å². The monoisotopic (exact) mass is 414 g/mol. The second kappa shape index (κ2) is 8.31. The number of imidazole rings is 1. The van der Waals surface area contributed by atoms with Crippen LogP contribution in [0.1, 0.15) is 31.2 Å². The molecule has 8 nitrogen and oxygen atoms in total. The summed E-state index contributed by atoms with van der Waals surface area (Å²) in [6.07, 6.45) is 13.5. The highest BCUT2D eigenvalue weighted by Gasteiger charge is 2.20. The number of hydrogen-bond acceptors (Lipinski definition) is 7. The lowest BCUT2D eigenvalue weighted by Crippen LogP contribution is -2.33. The quantitative estimate of drug-likeness (QED) is 0.454. The molecule has 4 N–H and O–H groups in total. The smallest absolute Gasteiger partial charge is 0.223 e. The third-order valence-electron chi connectivity index (χ3n) is 5.79. The standard InChI is InChI=1S/C23H26N8/c1-15-12-27-23(29-17-4-2-16(24)3-5-17)30-22(15)20-13-26-21-7-6-19(14-31(20)21)28-18-8-10-25-11-9-18/h6-14,16-17H,2-5,24H2,1H3,(H,25,28)(H,27,29,30). The van der Waals surface area contributed by atoms with Gasteiger partial charge in [0.25, 0.3) is 0 Å². The average Bonchev–Trinajstić information content (AvgIpc) is 3.20. The summed E-state index contributed by atoms with van der Waals surface area (Å²) in [5, 5.41) is 6.90. The summed E-state index contributed by atoms with van der Waals surface area (Å²) in [6.45, 7) is 2.03. The van der Waals surface area contributed by atoms with E-state index in [0.717, 1.165) is 59.7 Å². The molecular weight excluding hydrogens is 388 g/mol. The van der Waals surface area contributed by atoms with Crippen LogP contribution in [-0.2, 0) is 0 Å². The second-order valence-corrected chi connectivity index (χ2v) is 8.13. The third kappa shape index (κ3) is 4.20. The van der Waals surface area contributed by atoms with Gasteiger partial charge < -0.3 is 16.4 Å². The molecule has 0 saturated heterocycles. The Morgan fingerprint density at radius 1 is 0.968 bits per heavy atom. The second-order valence-electron chi connectivity index (χ2n) is 8.13. The van der Waals surface area contributed by atoms with E-state index in [9.17, 15) is 0 Å². The van der Waals surface area contributed by atoms with Crippen LogP contribution in [0.2, 0.25) is 0 Å². The van der Waals surface area contributed by atoms with E-state index in [1.165, 1.54) is 0 Å². The number of aromatic nitrogens is 5. The molecular formula is C23H26N8. The molecule has 8 heteroatoms. The third-order valence-corrected chi connectivity index (χ3v) is 5.79. The van der Waals surface area contributed by atoms with Crippen LogP contribution in [0.25, 0.3) is 17.0 Å². The van der Waals surface area contributed by atoms with Crippen LogP contribution >= 0.6 is 0 Å². The number of nitrogens with two attached hydrogens (primary N) is 1. The van der Waals surface area contributed by atoms with Crippen molar-refractivity contribution in [2.24, 2.45) is 5.73 Å². The minimum absolute atomic E-state index is 0.320. The van der Waals surface area contributed by atoms with E-state index in [1.54, 1.807) is 12.4 Å². The number of anilines is 3. The van der Waals surface area contributed by atoms with Crippen LogP contribution < -0.4 is 16.4 Å². The first kappa shape index (κ1) is 19.4. The number of nitrogens with one attached hydrogen (secondary N) is 2. The molecule has 0 amide bonds. The number of aryl methyl sites for hydroxylation is 1. The molecule has 0 radical (unpaired) electrons. The number of pyridine rings is 2. The first-order valence-corrected chi connectivity index (χ1v) is 10.7. The van der Waals surface area contributed by atoms with E-state index < -0.39 is 0 Å². The molecule has 4 heterocycles. The van der Waals surface area contributed by atoms with Crippen molar-refractivity contribution in [3.8, 4) is 11.4 Å². The Kier molecular flexibility index (Phi) is 5.21. The Morgan fingerprint density at radius 3 is 2.58 bits per heavy atom. The van der Waals surface area contributed by atoms with Crippen LogP contribution in [0.3, 0.4) is 0 Å². The van der Waals surface area contributed by atoms with Crippen molar-refractivity contribution in [1.82, 2.24) is 24.3 Å². The maximum Gasteiger partial charge on any atom is 0.223 e. The number of hydrogen-bond donors (Lipinski definition) is 3. The highest BCUT2D eigenvalue weighted by molar-refractivity contribution is 5.67. The zero-order chi connectivity index (χ0) is 21.2. The molecule has 0 aromatic carbocycles. The van der Waals surface area contributed by atoms with Crippen molar-refractivity contribution in [2.75, 3.05) is 10.6 Å². The van der Waals surface area contributed by atoms with Gasteiger partial charge in [0.15, 0.2) is 0 Å².